The van der Waals surface area contributed by atoms with Crippen molar-refractivity contribution in [3.05, 3.63) is 64.0 Å². The average molecular weight is 522 g/mol. The number of thiazole rings is 1. The third kappa shape index (κ3) is 6.72. The van der Waals surface area contributed by atoms with Crippen molar-refractivity contribution < 1.29 is 14.3 Å². The summed E-state index contributed by atoms with van der Waals surface area (Å²) in [6.45, 7) is 12.0. The molecule has 0 saturated carbocycles. The van der Waals surface area contributed by atoms with Gasteiger partial charge in [0.05, 0.1) is 30.2 Å². The summed E-state index contributed by atoms with van der Waals surface area (Å²) in [7, 11) is 0. The minimum atomic E-state index is -0.318. The van der Waals surface area contributed by atoms with E-state index < -0.39 is 0 Å². The third-order valence-corrected chi connectivity index (χ3v) is 7.22. The molecule has 1 fully saturated rings. The zero-order valence-corrected chi connectivity index (χ0v) is 22.8. The molecular weight excluding hydrogens is 486 g/mol. The van der Waals surface area contributed by atoms with Crippen LogP contribution in [0.1, 0.15) is 50.0 Å². The first-order valence-electron chi connectivity index (χ1n) is 12.6. The van der Waals surface area contributed by atoms with Gasteiger partial charge in [-0.15, -0.1) is 11.3 Å². The number of rotatable bonds is 7. The molecule has 4 rings (SSSR count). The van der Waals surface area contributed by atoms with Crippen molar-refractivity contribution in [1.29, 1.82) is 0 Å². The Morgan fingerprint density at radius 3 is 2.54 bits per heavy atom. The largest absolute Gasteiger partial charge is 0.378 e. The molecule has 3 heterocycles. The summed E-state index contributed by atoms with van der Waals surface area (Å²) in [5, 5.41) is 4.90. The first kappa shape index (κ1) is 26.8. The van der Waals surface area contributed by atoms with Crippen molar-refractivity contribution in [3.63, 3.8) is 0 Å². The fourth-order valence-electron chi connectivity index (χ4n) is 4.29. The lowest BCUT2D eigenvalue weighted by atomic mass is 9.86. The molecule has 9 heteroatoms. The van der Waals surface area contributed by atoms with Gasteiger partial charge in [-0.25, -0.2) is 0 Å². The van der Waals surface area contributed by atoms with Crippen molar-refractivity contribution in [2.75, 3.05) is 37.7 Å². The Balaban J connectivity index is 1.69. The van der Waals surface area contributed by atoms with Crippen LogP contribution in [0, 0.1) is 0 Å². The zero-order chi connectivity index (χ0) is 26.4. The van der Waals surface area contributed by atoms with Gasteiger partial charge in [-0.2, -0.15) is 4.99 Å². The van der Waals surface area contributed by atoms with Gasteiger partial charge in [-0.05, 0) is 29.0 Å². The van der Waals surface area contributed by atoms with Gasteiger partial charge >= 0.3 is 0 Å². The molecule has 1 saturated heterocycles. The molecular formula is C28H35N5O3S. The van der Waals surface area contributed by atoms with Crippen molar-refractivity contribution in [2.24, 2.45) is 4.99 Å². The number of nitrogens with one attached hydrogen (secondary N) is 1. The Morgan fingerprint density at radius 2 is 1.86 bits per heavy atom. The average Bonchev–Trinajstić information content (AvgIpc) is 3.28. The molecule has 0 bridgehead atoms. The van der Waals surface area contributed by atoms with Crippen LogP contribution < -0.4 is 15.0 Å². The van der Waals surface area contributed by atoms with Crippen LogP contribution in [0.25, 0.3) is 11.3 Å². The zero-order valence-electron chi connectivity index (χ0n) is 22.0. The number of aromatic nitrogens is 2. The first-order valence-corrected chi connectivity index (χ1v) is 13.5. The molecule has 8 nitrogen and oxygen atoms in total. The summed E-state index contributed by atoms with van der Waals surface area (Å²) in [5.74, 6) is -0.373. The van der Waals surface area contributed by atoms with Crippen molar-refractivity contribution in [3.8, 4) is 11.3 Å². The molecule has 1 aliphatic rings. The number of carbonyl (C=O) groups excluding carboxylic acids is 2. The highest BCUT2D eigenvalue weighted by atomic mass is 32.1. The van der Waals surface area contributed by atoms with E-state index in [1.54, 1.807) is 12.4 Å². The van der Waals surface area contributed by atoms with Crippen LogP contribution in [-0.2, 0) is 21.5 Å². The minimum Gasteiger partial charge on any atom is -0.378 e. The SMILES string of the molecule is CC(=O)NCCCn1c(-c2ccc(C(C)(C)C)cc2)csc1=NC(=O)c1cnccc1N1CCOCC1. The molecule has 37 heavy (non-hydrogen) atoms. The minimum absolute atomic E-state index is 0.0550. The van der Waals surface area contributed by atoms with Gasteiger partial charge in [0.25, 0.3) is 5.91 Å². The Bertz CT molecular complexity index is 1300. The number of hydrogen-bond donors (Lipinski definition) is 1. The summed E-state index contributed by atoms with van der Waals surface area (Å²) in [4.78, 5) is 36.3. The van der Waals surface area contributed by atoms with E-state index in [4.69, 9.17) is 4.74 Å². The van der Waals surface area contributed by atoms with Gasteiger partial charge in [-0.1, -0.05) is 45.0 Å². The van der Waals surface area contributed by atoms with Gasteiger partial charge in [0.1, 0.15) is 0 Å². The Hall–Kier alpha value is -3.30. The maximum atomic E-state index is 13.4. The van der Waals surface area contributed by atoms with Crippen LogP contribution >= 0.6 is 11.3 Å². The number of hydrogen-bond acceptors (Lipinski definition) is 6. The lowest BCUT2D eigenvalue weighted by molar-refractivity contribution is -0.118. The lowest BCUT2D eigenvalue weighted by Gasteiger charge is -2.29. The van der Waals surface area contributed by atoms with Crippen molar-refractivity contribution in [2.45, 2.75) is 46.1 Å². The molecule has 2 amide bonds. The van der Waals surface area contributed by atoms with E-state index in [1.165, 1.54) is 23.8 Å². The van der Waals surface area contributed by atoms with Gasteiger partial charge in [0, 0.05) is 50.9 Å². The molecule has 1 aromatic carbocycles. The van der Waals surface area contributed by atoms with E-state index in [1.807, 2.05) is 11.4 Å². The van der Waals surface area contributed by atoms with E-state index in [0.29, 0.717) is 36.7 Å². The monoisotopic (exact) mass is 521 g/mol. The number of amides is 2. The van der Waals surface area contributed by atoms with Gasteiger partial charge in [0.15, 0.2) is 4.80 Å². The second-order valence-corrected chi connectivity index (χ2v) is 11.0. The number of nitrogens with zero attached hydrogens (tertiary/aromatic N) is 4. The molecule has 2 aromatic heterocycles. The summed E-state index contributed by atoms with van der Waals surface area (Å²) < 4.78 is 7.54. The highest BCUT2D eigenvalue weighted by Crippen LogP contribution is 2.27. The number of carbonyl (C=O) groups is 2. The second-order valence-electron chi connectivity index (χ2n) is 10.1. The highest BCUT2D eigenvalue weighted by molar-refractivity contribution is 7.07. The lowest BCUT2D eigenvalue weighted by Crippen LogP contribution is -2.37. The maximum absolute atomic E-state index is 13.4. The molecule has 0 atom stereocenters. The number of ether oxygens (including phenoxy) is 1. The Morgan fingerprint density at radius 1 is 1.14 bits per heavy atom. The van der Waals surface area contributed by atoms with E-state index in [9.17, 15) is 9.59 Å². The standard InChI is InChI=1S/C28H35N5O3S/c1-20(34)30-11-5-13-33-25(21-6-8-22(9-7-21)28(2,3)4)19-37-27(33)31-26(35)23-18-29-12-10-24(23)32-14-16-36-17-15-32/h6-10,12,18-19H,5,11,13-17H2,1-4H3,(H,30,34). The fourth-order valence-corrected chi connectivity index (χ4v) is 5.22. The summed E-state index contributed by atoms with van der Waals surface area (Å²) >= 11 is 1.44. The molecule has 196 valence electrons. The van der Waals surface area contributed by atoms with Gasteiger partial charge < -0.3 is 19.5 Å². The van der Waals surface area contributed by atoms with Crippen LogP contribution in [0.5, 0.6) is 0 Å². The van der Waals surface area contributed by atoms with Crippen LogP contribution in [0.15, 0.2) is 53.1 Å². The summed E-state index contributed by atoms with van der Waals surface area (Å²) in [6.07, 6.45) is 4.02. The van der Waals surface area contributed by atoms with Crippen LogP contribution in [-0.4, -0.2) is 54.2 Å². The number of anilines is 1. The molecule has 0 radical (unpaired) electrons. The normalized spacial score (nSPS) is 14.6. The number of benzene rings is 1. The van der Waals surface area contributed by atoms with E-state index >= 15 is 0 Å². The number of pyridine rings is 1. The smallest absolute Gasteiger partial charge is 0.283 e. The fraction of sp³-hybridized carbons (Fsp3) is 0.429. The third-order valence-electron chi connectivity index (χ3n) is 6.35. The quantitative estimate of drug-likeness (QED) is 0.475. The highest BCUT2D eigenvalue weighted by Gasteiger charge is 2.20. The molecule has 0 unspecified atom stereocenters. The Kier molecular flexibility index (Phi) is 8.56. The summed E-state index contributed by atoms with van der Waals surface area (Å²) in [5.41, 5.74) is 4.71. The van der Waals surface area contributed by atoms with Crippen LogP contribution in [0.4, 0.5) is 5.69 Å². The predicted molar refractivity (Wildman–Crippen MR) is 147 cm³/mol. The molecule has 0 spiro atoms. The van der Waals surface area contributed by atoms with E-state index in [-0.39, 0.29) is 17.2 Å². The van der Waals surface area contributed by atoms with E-state index in [0.717, 1.165) is 36.5 Å². The first-order chi connectivity index (χ1) is 17.7. The molecule has 1 aliphatic heterocycles. The second kappa shape index (κ2) is 11.8. The predicted octanol–water partition coefficient (Wildman–Crippen LogP) is 4.01. The summed E-state index contributed by atoms with van der Waals surface area (Å²) in [6, 6.07) is 10.4. The van der Waals surface area contributed by atoms with Crippen LogP contribution in [0.2, 0.25) is 0 Å². The van der Waals surface area contributed by atoms with E-state index in [2.05, 4.69) is 69.8 Å². The van der Waals surface area contributed by atoms with Gasteiger partial charge in [-0.3, -0.25) is 14.6 Å². The maximum Gasteiger partial charge on any atom is 0.283 e. The van der Waals surface area contributed by atoms with Crippen molar-refractivity contribution in [1.82, 2.24) is 14.9 Å². The topological polar surface area (TPSA) is 88.8 Å². The molecule has 0 aliphatic carbocycles. The van der Waals surface area contributed by atoms with Crippen LogP contribution in [0.3, 0.4) is 0 Å². The Labute approximate surface area is 222 Å². The molecule has 1 N–H and O–H groups in total. The van der Waals surface area contributed by atoms with Crippen molar-refractivity contribution >= 4 is 28.8 Å². The van der Waals surface area contributed by atoms with Gasteiger partial charge in [0.2, 0.25) is 5.91 Å². The molecule has 3 aromatic rings. The number of morpholine rings is 1.